The van der Waals surface area contributed by atoms with Gasteiger partial charge in [-0.1, -0.05) is 18.2 Å². The van der Waals surface area contributed by atoms with Crippen molar-refractivity contribution < 1.29 is 49.6 Å². The summed E-state index contributed by atoms with van der Waals surface area (Å²) >= 11 is 0. The Kier molecular flexibility index (Phi) is 4.82. The van der Waals surface area contributed by atoms with Crippen LogP contribution < -0.4 is 4.74 Å². The Hall–Kier alpha value is -2.25. The zero-order chi connectivity index (χ0) is 24.1. The van der Waals surface area contributed by atoms with Crippen LogP contribution in [0.1, 0.15) is 17.5 Å². The number of phenolic OH excluding ortho intramolecular Hbond substituents is 1. The second-order valence-corrected chi connectivity index (χ2v) is 9.89. The largest absolute Gasteiger partial charge is 0.504 e. The Morgan fingerprint density at radius 3 is 2.65 bits per heavy atom. The van der Waals surface area contributed by atoms with Crippen molar-refractivity contribution in [3.63, 3.8) is 0 Å². The van der Waals surface area contributed by atoms with Crippen LogP contribution in [0.25, 0.3) is 0 Å². The number of rotatable bonds is 3. The molecular weight excluding hydrogens is 450 g/mol. The van der Waals surface area contributed by atoms with E-state index in [1.54, 1.807) is 12.1 Å². The summed E-state index contributed by atoms with van der Waals surface area (Å²) in [6.07, 6.45) is -6.19. The smallest absolute Gasteiger partial charge is 0.335 e. The molecule has 1 unspecified atom stereocenters. The van der Waals surface area contributed by atoms with Crippen LogP contribution in [0.5, 0.6) is 11.5 Å². The van der Waals surface area contributed by atoms with Gasteiger partial charge in [0, 0.05) is 23.9 Å². The molecule has 5 aliphatic rings. The van der Waals surface area contributed by atoms with Gasteiger partial charge in [-0.05, 0) is 25.1 Å². The van der Waals surface area contributed by atoms with Crippen LogP contribution in [0, 0.1) is 5.92 Å². The summed E-state index contributed by atoms with van der Waals surface area (Å²) in [4.78, 5) is 13.5. The van der Waals surface area contributed by atoms with E-state index in [4.69, 9.17) is 14.2 Å². The average molecular weight is 477 g/mol. The molecular formula is C23H27NO10. The summed E-state index contributed by atoms with van der Waals surface area (Å²) in [6, 6.07) is 3.38. The highest BCUT2D eigenvalue weighted by atomic mass is 16.7. The lowest BCUT2D eigenvalue weighted by Crippen LogP contribution is -2.69. The SMILES string of the molecule is CN1C(O[C@@H]2O[C@H](C(=O)O)[C@@H](O)[C@H](O)[C@H]2O)C[C@]23c4c5ccc(O)c4O[C@H]2[C@@H](O)C=C[C@H]3[C@H]1C5. The van der Waals surface area contributed by atoms with Crippen LogP contribution in [0.15, 0.2) is 24.3 Å². The van der Waals surface area contributed by atoms with Gasteiger partial charge >= 0.3 is 5.97 Å². The third-order valence-electron chi connectivity index (χ3n) is 8.30. The Morgan fingerprint density at radius 1 is 1.15 bits per heavy atom. The van der Waals surface area contributed by atoms with Crippen LogP contribution in [0.3, 0.4) is 0 Å². The van der Waals surface area contributed by atoms with E-state index in [9.17, 15) is 35.4 Å². The number of benzene rings is 1. The molecule has 0 saturated carbocycles. The molecule has 184 valence electrons. The number of carboxylic acid groups (broad SMARTS) is 1. The van der Waals surface area contributed by atoms with E-state index in [0.717, 1.165) is 11.1 Å². The van der Waals surface area contributed by atoms with Crippen molar-refractivity contribution in [1.29, 1.82) is 0 Å². The highest BCUT2D eigenvalue weighted by molar-refractivity contribution is 5.73. The molecule has 2 aliphatic carbocycles. The molecule has 1 aromatic rings. The second-order valence-electron chi connectivity index (χ2n) is 9.89. The number of likely N-dealkylation sites (tertiary alicyclic amines) is 1. The molecule has 2 bridgehead atoms. The molecule has 2 fully saturated rings. The van der Waals surface area contributed by atoms with Crippen LogP contribution in [0.4, 0.5) is 0 Å². The lowest BCUT2D eigenvalue weighted by atomic mass is 9.53. The van der Waals surface area contributed by atoms with Gasteiger partial charge in [-0.15, -0.1) is 0 Å². The summed E-state index contributed by atoms with van der Waals surface area (Å²) in [5.74, 6) is -1.18. The fourth-order valence-electron chi connectivity index (χ4n) is 6.71. The molecule has 0 radical (unpaired) electrons. The van der Waals surface area contributed by atoms with Crippen LogP contribution in [-0.2, 0) is 26.1 Å². The maximum absolute atomic E-state index is 11.5. The minimum Gasteiger partial charge on any atom is -0.504 e. The molecule has 6 N–H and O–H groups in total. The lowest BCUT2D eigenvalue weighted by molar-refractivity contribution is -0.324. The first-order valence-corrected chi connectivity index (χ1v) is 11.3. The maximum Gasteiger partial charge on any atom is 0.335 e. The quantitative estimate of drug-likeness (QED) is 0.278. The molecule has 0 amide bonds. The number of hydrogen-bond donors (Lipinski definition) is 6. The summed E-state index contributed by atoms with van der Waals surface area (Å²) in [7, 11) is 1.85. The third kappa shape index (κ3) is 2.74. The van der Waals surface area contributed by atoms with Crippen molar-refractivity contribution in [3.05, 3.63) is 35.4 Å². The second kappa shape index (κ2) is 7.37. The summed E-state index contributed by atoms with van der Waals surface area (Å²) < 4.78 is 17.6. The Balaban J connectivity index is 1.39. The van der Waals surface area contributed by atoms with E-state index >= 15 is 0 Å². The van der Waals surface area contributed by atoms with E-state index < -0.39 is 60.5 Å². The number of nitrogens with zero attached hydrogens (tertiary/aromatic N) is 1. The Bertz CT molecular complexity index is 1060. The zero-order valence-electron chi connectivity index (χ0n) is 18.3. The van der Waals surface area contributed by atoms with Crippen LogP contribution >= 0.6 is 0 Å². The number of piperidine rings is 1. The number of aliphatic carboxylic acids is 1. The molecule has 3 heterocycles. The van der Waals surface area contributed by atoms with E-state index in [0.29, 0.717) is 18.6 Å². The average Bonchev–Trinajstić information content (AvgIpc) is 3.15. The number of likely N-dealkylation sites (N-methyl/N-ethyl adjacent to an activating group) is 1. The molecule has 11 heteroatoms. The number of aliphatic hydroxyl groups is 4. The first-order chi connectivity index (χ1) is 16.1. The van der Waals surface area contributed by atoms with E-state index in [1.807, 2.05) is 24.1 Å². The van der Waals surface area contributed by atoms with Gasteiger partial charge in [-0.2, -0.15) is 0 Å². The monoisotopic (exact) mass is 477 g/mol. The number of aromatic hydroxyl groups is 1. The normalized spacial score (nSPS) is 46.6. The highest BCUT2D eigenvalue weighted by Gasteiger charge is 2.66. The Morgan fingerprint density at radius 2 is 1.91 bits per heavy atom. The lowest BCUT2D eigenvalue weighted by Gasteiger charge is -2.59. The standard InChI is InChI=1S/C23H27NO10/c1-24-10-6-8-2-4-11(25)18-14(8)23(9(10)3-5-12(26)20(23)33-18)7-13(24)32-22-17(29)15(27)16(28)19(34-22)21(30)31/h2-5,9-10,12-13,15-17,19-20,22,25-29H,6-7H2,1H3,(H,30,31)/t9-,10+,12-,13?,15-,16-,17+,19-,20-,22+,23-/m0/s1. The van der Waals surface area contributed by atoms with Gasteiger partial charge in [0.15, 0.2) is 23.9 Å². The molecule has 11 nitrogen and oxygen atoms in total. The van der Waals surface area contributed by atoms with Crippen molar-refractivity contribution in [2.45, 2.75) is 73.4 Å². The van der Waals surface area contributed by atoms with Gasteiger partial charge in [0.25, 0.3) is 0 Å². The number of aliphatic hydroxyl groups excluding tert-OH is 4. The summed E-state index contributed by atoms with van der Waals surface area (Å²) in [5.41, 5.74) is 1.14. The molecule has 3 aliphatic heterocycles. The Labute approximate surface area is 194 Å². The first kappa shape index (κ1) is 22.2. The predicted molar refractivity (Wildman–Crippen MR) is 112 cm³/mol. The highest BCUT2D eigenvalue weighted by Crippen LogP contribution is 2.63. The molecule has 1 spiro atoms. The minimum atomic E-state index is -1.81. The van der Waals surface area contributed by atoms with Crippen molar-refractivity contribution in [2.24, 2.45) is 5.92 Å². The number of ether oxygens (including phenoxy) is 3. The number of phenols is 1. The fraction of sp³-hybridized carbons (Fsp3) is 0.609. The van der Waals surface area contributed by atoms with Gasteiger partial charge < -0.3 is 44.8 Å². The summed E-state index contributed by atoms with van der Waals surface area (Å²) in [5, 5.41) is 61.4. The third-order valence-corrected chi connectivity index (χ3v) is 8.30. The van der Waals surface area contributed by atoms with Gasteiger partial charge in [0.05, 0.1) is 5.41 Å². The number of hydrogen-bond acceptors (Lipinski definition) is 10. The molecule has 2 saturated heterocycles. The number of carboxylic acids is 1. The minimum absolute atomic E-state index is 0.00392. The fourth-order valence-corrected chi connectivity index (χ4v) is 6.71. The predicted octanol–water partition coefficient (Wildman–Crippen LogP) is -1.57. The first-order valence-electron chi connectivity index (χ1n) is 11.3. The van der Waals surface area contributed by atoms with Crippen molar-refractivity contribution in [3.8, 4) is 11.5 Å². The van der Waals surface area contributed by atoms with Crippen LogP contribution in [-0.4, -0.2) is 104 Å². The van der Waals surface area contributed by atoms with Crippen molar-refractivity contribution in [1.82, 2.24) is 4.90 Å². The zero-order valence-corrected chi connectivity index (χ0v) is 18.3. The van der Waals surface area contributed by atoms with Crippen LogP contribution in [0.2, 0.25) is 0 Å². The molecule has 0 aromatic heterocycles. The van der Waals surface area contributed by atoms with Crippen molar-refractivity contribution in [2.75, 3.05) is 7.05 Å². The van der Waals surface area contributed by atoms with Gasteiger partial charge in [0.1, 0.15) is 36.7 Å². The van der Waals surface area contributed by atoms with Gasteiger partial charge in [-0.25, -0.2) is 4.79 Å². The summed E-state index contributed by atoms with van der Waals surface area (Å²) in [6.45, 7) is 0. The van der Waals surface area contributed by atoms with E-state index in [1.165, 1.54) is 0 Å². The number of carbonyl (C=O) groups is 1. The van der Waals surface area contributed by atoms with Crippen molar-refractivity contribution >= 4 is 5.97 Å². The van der Waals surface area contributed by atoms with E-state index in [2.05, 4.69) is 0 Å². The van der Waals surface area contributed by atoms with Gasteiger partial charge in [0.2, 0.25) is 0 Å². The maximum atomic E-state index is 11.5. The molecule has 34 heavy (non-hydrogen) atoms. The molecule has 6 rings (SSSR count). The topological polar surface area (TPSA) is 169 Å². The van der Waals surface area contributed by atoms with Gasteiger partial charge in [-0.3, -0.25) is 4.90 Å². The van der Waals surface area contributed by atoms with E-state index in [-0.39, 0.29) is 17.7 Å². The molecule has 11 atom stereocenters. The molecule has 1 aromatic carbocycles.